The van der Waals surface area contributed by atoms with Crippen molar-refractivity contribution in [2.45, 2.75) is 206 Å². The maximum atomic E-state index is 12.8. The second-order valence-corrected chi connectivity index (χ2v) is 17.8. The van der Waals surface area contributed by atoms with Crippen LogP contribution in [0.5, 0.6) is 0 Å². The smallest absolute Gasteiger partial charge is 0.268 e. The highest BCUT2D eigenvalue weighted by Crippen LogP contribution is 2.38. The molecule has 0 aliphatic heterocycles. The van der Waals surface area contributed by atoms with Crippen LogP contribution < -0.4 is 10.2 Å². The Morgan fingerprint density at radius 3 is 1.50 bits per heavy atom. The minimum absolute atomic E-state index is 0.00645. The predicted molar refractivity (Wildman–Crippen MR) is 228 cm³/mol. The Bertz CT molecular complexity index is 980. The summed E-state index contributed by atoms with van der Waals surface area (Å²) in [6.45, 7) is 4.59. The van der Waals surface area contributed by atoms with Gasteiger partial charge in [0, 0.05) is 6.42 Å². The molecule has 54 heavy (non-hydrogen) atoms. The first kappa shape index (κ1) is 52.7. The molecule has 1 amide bonds. The lowest BCUT2D eigenvalue weighted by Crippen LogP contribution is -2.45. The highest BCUT2D eigenvalue weighted by atomic mass is 31.2. The number of rotatable bonds is 40. The lowest BCUT2D eigenvalue weighted by atomic mass is 10.0. The molecule has 0 bridgehead atoms. The van der Waals surface area contributed by atoms with E-state index in [1.807, 2.05) is 27.2 Å². The first-order valence-electron chi connectivity index (χ1n) is 22.4. The van der Waals surface area contributed by atoms with E-state index in [2.05, 4.69) is 43.5 Å². The van der Waals surface area contributed by atoms with Gasteiger partial charge in [0.05, 0.1) is 39.9 Å². The quantitative estimate of drug-likeness (QED) is 0.0277. The van der Waals surface area contributed by atoms with Gasteiger partial charge in [-0.15, -0.1) is 0 Å². The molecule has 0 spiro atoms. The molecule has 0 aliphatic carbocycles. The number of likely N-dealkylation sites (N-methyl/N-ethyl adjacent to an activating group) is 1. The van der Waals surface area contributed by atoms with Crippen LogP contribution >= 0.6 is 7.82 Å². The van der Waals surface area contributed by atoms with Gasteiger partial charge in [-0.25, -0.2) is 0 Å². The Balaban J connectivity index is 4.32. The van der Waals surface area contributed by atoms with Crippen LogP contribution in [0.25, 0.3) is 0 Å². The summed E-state index contributed by atoms with van der Waals surface area (Å²) in [7, 11) is 1.24. The van der Waals surface area contributed by atoms with Gasteiger partial charge in [-0.2, -0.15) is 0 Å². The largest absolute Gasteiger partial charge is 0.756 e. The van der Waals surface area contributed by atoms with E-state index in [-0.39, 0.29) is 12.5 Å². The minimum atomic E-state index is -4.59. The van der Waals surface area contributed by atoms with Crippen molar-refractivity contribution < 1.29 is 32.9 Å². The number of hydrogen-bond donors (Lipinski definition) is 2. The number of unbranched alkanes of at least 4 members (excludes halogenated alkanes) is 23. The molecule has 0 rings (SSSR count). The molecule has 3 atom stereocenters. The van der Waals surface area contributed by atoms with Crippen molar-refractivity contribution in [1.82, 2.24) is 5.32 Å². The van der Waals surface area contributed by atoms with Gasteiger partial charge < -0.3 is 28.8 Å². The van der Waals surface area contributed by atoms with Crippen LogP contribution in [0.4, 0.5) is 0 Å². The van der Waals surface area contributed by atoms with Gasteiger partial charge in [0.15, 0.2) is 0 Å². The number of aliphatic hydroxyl groups excluding tert-OH is 1. The zero-order valence-electron chi connectivity index (χ0n) is 35.9. The number of allylic oxidation sites excluding steroid dienone is 5. The summed E-state index contributed by atoms with van der Waals surface area (Å²) in [5, 5.41) is 13.7. The van der Waals surface area contributed by atoms with E-state index in [4.69, 9.17) is 9.05 Å². The number of carbonyl (C=O) groups is 1. The summed E-state index contributed by atoms with van der Waals surface area (Å²) in [5.41, 5.74) is 0. The molecule has 9 heteroatoms. The average Bonchev–Trinajstić information content (AvgIpc) is 3.12. The van der Waals surface area contributed by atoms with E-state index < -0.39 is 26.6 Å². The summed E-state index contributed by atoms with van der Waals surface area (Å²) in [6, 6.07) is -0.900. The van der Waals surface area contributed by atoms with Gasteiger partial charge >= 0.3 is 0 Å². The average molecular weight is 783 g/mol. The number of phosphoric ester groups is 1. The van der Waals surface area contributed by atoms with E-state index >= 15 is 0 Å². The molecular formula is C45H87N2O6P. The summed E-state index contributed by atoms with van der Waals surface area (Å²) in [4.78, 5) is 25.2. The molecule has 0 aliphatic rings. The number of amides is 1. The first-order chi connectivity index (χ1) is 26.0. The maximum Gasteiger partial charge on any atom is 0.268 e. The van der Waals surface area contributed by atoms with Crippen LogP contribution in [0.2, 0.25) is 0 Å². The summed E-state index contributed by atoms with van der Waals surface area (Å²) >= 11 is 0. The summed E-state index contributed by atoms with van der Waals surface area (Å²) in [5.74, 6) is -0.210. The van der Waals surface area contributed by atoms with E-state index in [1.54, 1.807) is 6.08 Å². The van der Waals surface area contributed by atoms with E-state index in [9.17, 15) is 19.4 Å². The third-order valence-corrected chi connectivity index (χ3v) is 10.8. The minimum Gasteiger partial charge on any atom is -0.756 e. The van der Waals surface area contributed by atoms with Gasteiger partial charge in [-0.3, -0.25) is 9.36 Å². The van der Waals surface area contributed by atoms with Gasteiger partial charge in [-0.1, -0.05) is 166 Å². The molecular weight excluding hydrogens is 695 g/mol. The van der Waals surface area contributed by atoms with Crippen molar-refractivity contribution in [3.05, 3.63) is 36.5 Å². The normalized spacial score (nSPS) is 14.7. The van der Waals surface area contributed by atoms with Gasteiger partial charge in [0.1, 0.15) is 13.2 Å². The van der Waals surface area contributed by atoms with Crippen LogP contribution in [0.15, 0.2) is 36.5 Å². The Morgan fingerprint density at radius 1 is 0.630 bits per heavy atom. The van der Waals surface area contributed by atoms with E-state index in [1.165, 1.54) is 135 Å². The summed E-state index contributed by atoms with van der Waals surface area (Å²) in [6.07, 6.45) is 44.8. The number of hydrogen-bond acceptors (Lipinski definition) is 6. The first-order valence-corrected chi connectivity index (χ1v) is 23.8. The van der Waals surface area contributed by atoms with Crippen LogP contribution in [-0.4, -0.2) is 68.5 Å². The molecule has 0 radical (unpaired) electrons. The van der Waals surface area contributed by atoms with Crippen molar-refractivity contribution >= 4 is 13.7 Å². The van der Waals surface area contributed by atoms with Crippen molar-refractivity contribution in [3.8, 4) is 0 Å². The molecule has 0 saturated heterocycles. The second-order valence-electron chi connectivity index (χ2n) is 16.4. The monoisotopic (exact) mass is 783 g/mol. The zero-order chi connectivity index (χ0) is 40.0. The molecule has 0 aromatic carbocycles. The number of aliphatic hydroxyl groups is 1. The third kappa shape index (κ3) is 39.0. The highest BCUT2D eigenvalue weighted by molar-refractivity contribution is 7.45. The number of nitrogens with one attached hydrogen (secondary N) is 1. The molecule has 2 N–H and O–H groups in total. The fourth-order valence-electron chi connectivity index (χ4n) is 6.22. The zero-order valence-corrected chi connectivity index (χ0v) is 36.8. The Kier molecular flexibility index (Phi) is 36.4. The lowest BCUT2D eigenvalue weighted by molar-refractivity contribution is -0.870. The molecule has 0 heterocycles. The molecule has 1 unspecified atom stereocenters. The fraction of sp³-hybridized carbons (Fsp3) is 0.844. The topological polar surface area (TPSA) is 108 Å². The molecule has 318 valence electrons. The van der Waals surface area contributed by atoms with Crippen molar-refractivity contribution in [2.75, 3.05) is 40.9 Å². The van der Waals surface area contributed by atoms with Crippen LogP contribution in [0.3, 0.4) is 0 Å². The fourth-order valence-corrected chi connectivity index (χ4v) is 6.94. The van der Waals surface area contributed by atoms with Crippen molar-refractivity contribution in [3.63, 3.8) is 0 Å². The van der Waals surface area contributed by atoms with Crippen molar-refractivity contribution in [2.24, 2.45) is 0 Å². The summed E-state index contributed by atoms with van der Waals surface area (Å²) < 4.78 is 23.1. The molecule has 0 aromatic rings. The van der Waals surface area contributed by atoms with Crippen LogP contribution in [0.1, 0.15) is 194 Å². The van der Waals surface area contributed by atoms with Crippen LogP contribution in [0, 0.1) is 0 Å². The maximum absolute atomic E-state index is 12.8. The predicted octanol–water partition coefficient (Wildman–Crippen LogP) is 11.7. The SMILES string of the molecule is CCCCCCC/C=C/CC/C=C/[C@@H](O)[C@H](COP(=O)([O-])OCC[N+](C)(C)C)NC(=O)CCCCCCCCCCCCC/C=C/CCCCCCCC. The Labute approximate surface area is 334 Å². The van der Waals surface area contributed by atoms with Gasteiger partial charge in [-0.05, 0) is 57.8 Å². The standard InChI is InChI=1S/C45H87N2O6P/c1-6-8-10-12-14-16-18-19-20-21-22-23-24-25-26-27-29-31-33-35-37-39-45(49)46-43(42-53-54(50,51)52-41-40-47(3,4)5)44(48)38-36-34-32-30-28-17-15-13-11-9-7-2/h19-20,28,30,36,38,43-44,48H,6-18,21-27,29,31-35,37,39-42H2,1-5H3,(H-,46,49,50,51)/b20-19+,30-28+,38-36+/t43-,44+/m0/s1. The van der Waals surface area contributed by atoms with E-state index in [0.29, 0.717) is 17.4 Å². The molecule has 0 saturated carbocycles. The molecule has 0 aromatic heterocycles. The van der Waals surface area contributed by atoms with E-state index in [0.717, 1.165) is 38.5 Å². The van der Waals surface area contributed by atoms with Gasteiger partial charge in [0.25, 0.3) is 7.82 Å². The number of nitrogens with zero attached hydrogens (tertiary/aromatic N) is 1. The number of carbonyl (C=O) groups excluding carboxylic acids is 1. The molecule has 0 fully saturated rings. The Hall–Kier alpha value is -1.28. The van der Waals surface area contributed by atoms with Crippen LogP contribution in [-0.2, 0) is 18.4 Å². The van der Waals surface area contributed by atoms with Crippen molar-refractivity contribution in [1.29, 1.82) is 0 Å². The van der Waals surface area contributed by atoms with Gasteiger partial charge in [0.2, 0.25) is 5.91 Å². The number of quaternary nitrogens is 1. The third-order valence-electron chi connectivity index (χ3n) is 9.82. The number of phosphoric acid groups is 1. The Morgan fingerprint density at radius 2 is 1.04 bits per heavy atom. The second kappa shape index (κ2) is 37.3. The lowest BCUT2D eigenvalue weighted by Gasteiger charge is -2.29. The highest BCUT2D eigenvalue weighted by Gasteiger charge is 2.23. The molecule has 8 nitrogen and oxygen atoms in total.